The quantitative estimate of drug-likeness (QED) is 0.143. The summed E-state index contributed by atoms with van der Waals surface area (Å²) in [7, 11) is 0. The van der Waals surface area contributed by atoms with Gasteiger partial charge >= 0.3 is 0 Å². The molecule has 3 aliphatic rings. The number of nitrogens with one attached hydrogen (secondary N) is 1. The monoisotopic (exact) mass is 817 g/mol. The van der Waals surface area contributed by atoms with E-state index in [0.717, 1.165) is 78.3 Å². The number of nitrogens with zero attached hydrogens (tertiary/aromatic N) is 6. The molecule has 0 spiro atoms. The zero-order chi connectivity index (χ0) is 39.1. The lowest BCUT2D eigenvalue weighted by Gasteiger charge is -2.28. The van der Waals surface area contributed by atoms with E-state index in [1.807, 2.05) is 32.0 Å². The van der Waals surface area contributed by atoms with Crippen LogP contribution < -0.4 is 5.32 Å². The number of fused-ring (bicyclic) bond motifs is 2. The van der Waals surface area contributed by atoms with Crippen molar-refractivity contribution >= 4 is 50.2 Å². The smallest absolute Gasteiger partial charge is 0.248 e. The summed E-state index contributed by atoms with van der Waals surface area (Å²) in [4.78, 5) is 57.5. The zero-order valence-corrected chi connectivity index (χ0v) is 34.1. The average Bonchev–Trinajstić information content (AvgIpc) is 3.43. The summed E-state index contributed by atoms with van der Waals surface area (Å²) in [5.74, 6) is 0.569. The van der Waals surface area contributed by atoms with Crippen LogP contribution in [0.3, 0.4) is 0 Å². The van der Waals surface area contributed by atoms with Crippen molar-refractivity contribution in [2.45, 2.75) is 104 Å². The molecule has 5 aromatic rings. The Morgan fingerprint density at radius 2 is 1.70 bits per heavy atom. The molecule has 1 N–H and O–H groups in total. The maximum atomic E-state index is 14.8. The number of benzene rings is 2. The third-order valence-corrected chi connectivity index (χ3v) is 12.6. The summed E-state index contributed by atoms with van der Waals surface area (Å²) in [5, 5.41) is 8.58. The first-order chi connectivity index (χ1) is 27.0. The van der Waals surface area contributed by atoms with Crippen LogP contribution in [0.1, 0.15) is 90.9 Å². The van der Waals surface area contributed by atoms with Crippen molar-refractivity contribution in [3.05, 3.63) is 99.3 Å². The van der Waals surface area contributed by atoms with Crippen molar-refractivity contribution in [3.63, 3.8) is 0 Å². The molecule has 1 saturated carbocycles. The second-order valence-corrected chi connectivity index (χ2v) is 16.8. The molecule has 290 valence electrons. The minimum absolute atomic E-state index is 0.116. The van der Waals surface area contributed by atoms with Gasteiger partial charge in [0.1, 0.15) is 34.5 Å². The number of anilines is 1. The van der Waals surface area contributed by atoms with Crippen LogP contribution in [-0.4, -0.2) is 65.9 Å². The fourth-order valence-electron chi connectivity index (χ4n) is 9.10. The molecule has 8 rings (SSSR count). The molecular weight excluding hydrogens is 770 g/mol. The second kappa shape index (κ2) is 15.6. The summed E-state index contributed by atoms with van der Waals surface area (Å²) in [5.41, 5.74) is 6.74. The first-order valence-corrected chi connectivity index (χ1v) is 20.6. The normalized spacial score (nSPS) is 23.0. The average molecular weight is 819 g/mol. The molecule has 0 radical (unpaired) electrons. The lowest BCUT2D eigenvalue weighted by molar-refractivity contribution is -0.138. The number of ketones is 1. The van der Waals surface area contributed by atoms with Gasteiger partial charge in [0, 0.05) is 41.7 Å². The van der Waals surface area contributed by atoms with Gasteiger partial charge in [-0.3, -0.25) is 19.1 Å². The second-order valence-electron chi connectivity index (χ2n) is 16.0. The number of piperidine rings is 1. The summed E-state index contributed by atoms with van der Waals surface area (Å²) in [6, 6.07) is 15.5. The molecule has 5 heterocycles. The number of hydrogen-bond donors (Lipinski definition) is 1. The number of ether oxygens (including phenoxy) is 1. The molecule has 4 atom stereocenters. The molecule has 2 unspecified atom stereocenters. The van der Waals surface area contributed by atoms with Gasteiger partial charge in [-0.1, -0.05) is 56.5 Å². The molecule has 2 aliphatic heterocycles. The third-order valence-electron chi connectivity index (χ3n) is 12.2. The van der Waals surface area contributed by atoms with Gasteiger partial charge in [0.25, 0.3) is 0 Å². The fraction of sp³-hybridized carbons (Fsp3) is 0.432. The van der Waals surface area contributed by atoms with E-state index >= 15 is 0 Å². The van der Waals surface area contributed by atoms with Gasteiger partial charge in [-0.05, 0) is 114 Å². The van der Waals surface area contributed by atoms with Gasteiger partial charge in [-0.15, -0.1) is 0 Å². The summed E-state index contributed by atoms with van der Waals surface area (Å²) in [6.07, 6.45) is 11.2. The van der Waals surface area contributed by atoms with Crippen LogP contribution in [0, 0.1) is 25.2 Å². The Labute approximate surface area is 335 Å². The van der Waals surface area contributed by atoms with E-state index in [9.17, 15) is 14.4 Å². The van der Waals surface area contributed by atoms with Gasteiger partial charge in [0.05, 0.1) is 18.7 Å². The number of aromatic nitrogens is 5. The number of pyridine rings is 1. The van der Waals surface area contributed by atoms with E-state index in [2.05, 4.69) is 73.5 Å². The van der Waals surface area contributed by atoms with Crippen LogP contribution in [-0.2, 0) is 40.3 Å². The first-order valence-electron chi connectivity index (χ1n) is 19.8. The number of rotatable bonds is 4. The standard InChI is InChI=1S/C44H48BrN7O4/c1-26-15-16-37(45)48-42(26)49-43(55)36-20-44-25-56-24-31-13-10-12-30(17-31)11-8-6-5-7-9-14-32-18-33(34-21-46-29(4)47-22-34)19-35-39(28(3)53)50-51(40(32)35)23-38(54)52(36)41(44)27(44)2/h10,12-13,15-19,21-22,27,36,41H,5-9,11,14,20,23-25H2,1-4H3,(H,48,49,55)/t27?,36-,41?,44+/m0/s1. The van der Waals surface area contributed by atoms with Crippen LogP contribution in [0.15, 0.2) is 65.5 Å². The van der Waals surface area contributed by atoms with Crippen molar-refractivity contribution in [1.82, 2.24) is 29.6 Å². The minimum Gasteiger partial charge on any atom is -0.376 e. The van der Waals surface area contributed by atoms with Crippen molar-refractivity contribution in [2.24, 2.45) is 11.3 Å². The predicted octanol–water partition coefficient (Wildman–Crippen LogP) is 7.98. The highest BCUT2D eigenvalue weighted by atomic mass is 79.9. The summed E-state index contributed by atoms with van der Waals surface area (Å²) >= 11 is 3.43. The maximum Gasteiger partial charge on any atom is 0.248 e. The zero-order valence-electron chi connectivity index (χ0n) is 32.5. The van der Waals surface area contributed by atoms with Gasteiger partial charge in [0.2, 0.25) is 11.8 Å². The summed E-state index contributed by atoms with van der Waals surface area (Å²) in [6.45, 7) is 8.18. The Kier molecular flexibility index (Phi) is 10.6. The minimum atomic E-state index is -0.740. The predicted molar refractivity (Wildman–Crippen MR) is 218 cm³/mol. The lowest BCUT2D eigenvalue weighted by atomic mass is 9.96. The van der Waals surface area contributed by atoms with Crippen LogP contribution in [0.2, 0.25) is 0 Å². The first kappa shape index (κ1) is 38.1. The topological polar surface area (TPSA) is 132 Å². The number of amides is 2. The van der Waals surface area contributed by atoms with Crippen molar-refractivity contribution < 1.29 is 19.1 Å². The van der Waals surface area contributed by atoms with Crippen LogP contribution >= 0.6 is 15.9 Å². The molecule has 1 saturated heterocycles. The number of aryl methyl sites for hydroxylation is 4. The molecule has 1 aliphatic carbocycles. The molecule has 2 fully saturated rings. The Hall–Kier alpha value is -4.81. The number of carbonyl (C=O) groups excluding carboxylic acids is 3. The molecule has 12 heteroatoms. The number of halogens is 1. The summed E-state index contributed by atoms with van der Waals surface area (Å²) < 4.78 is 8.77. The molecule has 3 aromatic heterocycles. The highest BCUT2D eigenvalue weighted by Crippen LogP contribution is 2.64. The van der Waals surface area contributed by atoms with E-state index in [0.29, 0.717) is 47.0 Å². The molecular formula is C44H48BrN7O4. The molecule has 2 aromatic carbocycles. The third kappa shape index (κ3) is 7.41. The largest absolute Gasteiger partial charge is 0.376 e. The van der Waals surface area contributed by atoms with Crippen LogP contribution in [0.4, 0.5) is 5.82 Å². The van der Waals surface area contributed by atoms with E-state index in [1.165, 1.54) is 12.5 Å². The van der Waals surface area contributed by atoms with Crippen LogP contribution in [0.25, 0.3) is 22.0 Å². The number of carbonyl (C=O) groups is 3. The fourth-order valence-corrected chi connectivity index (χ4v) is 9.41. The van der Waals surface area contributed by atoms with Crippen molar-refractivity contribution in [3.8, 4) is 11.1 Å². The molecule has 56 heavy (non-hydrogen) atoms. The van der Waals surface area contributed by atoms with Gasteiger partial charge < -0.3 is 15.0 Å². The molecule has 2 amide bonds. The maximum absolute atomic E-state index is 14.8. The SMILES string of the molecule is CC(=O)c1nn2c3c(cc(-c4cnc(C)nc4)cc13)CCCCCCCc1cccc(c1)COC[C@@]13C[C@@H](C(=O)Nc4nc(Br)ccc4C)N(C(=O)C2)C1C3C. The molecule has 11 nitrogen and oxygen atoms in total. The van der Waals surface area contributed by atoms with Crippen molar-refractivity contribution in [2.75, 3.05) is 11.9 Å². The van der Waals surface area contributed by atoms with E-state index in [-0.39, 0.29) is 41.5 Å². The number of hydrogen-bond acceptors (Lipinski definition) is 8. The van der Waals surface area contributed by atoms with Gasteiger partial charge in [0.15, 0.2) is 5.78 Å². The Balaban J connectivity index is 1.19. The lowest BCUT2D eigenvalue weighted by Crippen LogP contribution is -2.47. The Morgan fingerprint density at radius 3 is 2.48 bits per heavy atom. The molecule has 4 bridgehead atoms. The Morgan fingerprint density at radius 1 is 0.946 bits per heavy atom. The van der Waals surface area contributed by atoms with Crippen LogP contribution in [0.5, 0.6) is 0 Å². The van der Waals surface area contributed by atoms with Crippen molar-refractivity contribution in [1.29, 1.82) is 0 Å². The van der Waals surface area contributed by atoms with Gasteiger partial charge in [-0.2, -0.15) is 5.10 Å². The van der Waals surface area contributed by atoms with E-state index in [1.54, 1.807) is 22.0 Å². The van der Waals surface area contributed by atoms with E-state index < -0.39 is 6.04 Å². The number of Topliss-reactive ketones (excluding diaryl/α,β-unsaturated/α-hetero) is 1. The highest BCUT2D eigenvalue weighted by molar-refractivity contribution is 9.10. The highest BCUT2D eigenvalue weighted by Gasteiger charge is 2.72. The Bertz CT molecular complexity index is 2320. The van der Waals surface area contributed by atoms with E-state index in [4.69, 9.17) is 9.84 Å². The van der Waals surface area contributed by atoms with Gasteiger partial charge in [-0.25, -0.2) is 15.0 Å².